The van der Waals surface area contributed by atoms with Gasteiger partial charge >= 0.3 is 6.18 Å². The first-order valence-electron chi connectivity index (χ1n) is 5.21. The summed E-state index contributed by atoms with van der Waals surface area (Å²) in [6.45, 7) is 1.96. The van der Waals surface area contributed by atoms with Crippen molar-refractivity contribution in [2.24, 2.45) is 0 Å². The third kappa shape index (κ3) is 2.99. The van der Waals surface area contributed by atoms with Crippen molar-refractivity contribution in [1.29, 1.82) is 0 Å². The maximum absolute atomic E-state index is 12.4. The van der Waals surface area contributed by atoms with E-state index in [2.05, 4.69) is 15.5 Å². The van der Waals surface area contributed by atoms with Crippen molar-refractivity contribution in [3.63, 3.8) is 0 Å². The highest BCUT2D eigenvalue weighted by Crippen LogP contribution is 2.34. The van der Waals surface area contributed by atoms with Gasteiger partial charge in [-0.1, -0.05) is 24.3 Å². The zero-order valence-electron chi connectivity index (χ0n) is 9.36. The first-order chi connectivity index (χ1) is 8.50. The molecule has 3 nitrogen and oxygen atoms in total. The van der Waals surface area contributed by atoms with E-state index in [0.717, 1.165) is 11.3 Å². The summed E-state index contributed by atoms with van der Waals surface area (Å²) in [6.07, 6.45) is -3.66. The number of nitrogens with one attached hydrogen (secondary N) is 1. The van der Waals surface area contributed by atoms with E-state index in [0.29, 0.717) is 11.3 Å². The van der Waals surface area contributed by atoms with E-state index >= 15 is 0 Å². The Morgan fingerprint density at radius 1 is 1.39 bits per heavy atom. The Hall–Kier alpha value is -1.15. The van der Waals surface area contributed by atoms with Crippen molar-refractivity contribution in [1.82, 2.24) is 10.2 Å². The molecule has 98 valence electrons. The maximum atomic E-state index is 12.4. The Bertz CT molecular complexity index is 493. The lowest BCUT2D eigenvalue weighted by molar-refractivity contribution is -0.138. The number of hydrogen-bond acceptors (Lipinski definition) is 5. The van der Waals surface area contributed by atoms with Crippen LogP contribution >= 0.6 is 22.7 Å². The molecule has 0 aliphatic carbocycles. The average molecular weight is 293 g/mol. The molecule has 1 unspecified atom stereocenters. The highest BCUT2D eigenvalue weighted by molar-refractivity contribution is 7.15. The molecule has 2 heterocycles. The minimum absolute atomic E-state index is 0.0287. The minimum Gasteiger partial charge on any atom is -0.352 e. The largest absolute Gasteiger partial charge is 0.445 e. The van der Waals surface area contributed by atoms with Gasteiger partial charge in [0.15, 0.2) is 0 Å². The summed E-state index contributed by atoms with van der Waals surface area (Å²) >= 11 is 2.09. The molecule has 0 amide bonds. The lowest BCUT2D eigenvalue weighted by atomic mass is 10.2. The van der Waals surface area contributed by atoms with E-state index in [1.165, 1.54) is 0 Å². The minimum atomic E-state index is -4.43. The van der Waals surface area contributed by atoms with Crippen LogP contribution in [0.25, 0.3) is 0 Å². The number of anilines is 1. The molecular weight excluding hydrogens is 283 g/mol. The summed E-state index contributed by atoms with van der Waals surface area (Å²) in [7, 11) is 0. The van der Waals surface area contributed by atoms with Gasteiger partial charge in [0.2, 0.25) is 10.1 Å². The average Bonchev–Trinajstić information content (AvgIpc) is 2.95. The fourth-order valence-corrected chi connectivity index (χ4v) is 2.93. The zero-order valence-corrected chi connectivity index (χ0v) is 11.0. The number of halogens is 3. The van der Waals surface area contributed by atoms with Crippen LogP contribution in [0.15, 0.2) is 17.5 Å². The van der Waals surface area contributed by atoms with Gasteiger partial charge in [0.25, 0.3) is 0 Å². The van der Waals surface area contributed by atoms with Crippen molar-refractivity contribution < 1.29 is 13.2 Å². The van der Waals surface area contributed by atoms with E-state index in [1.54, 1.807) is 11.3 Å². The highest BCUT2D eigenvalue weighted by atomic mass is 32.1. The van der Waals surface area contributed by atoms with Crippen molar-refractivity contribution >= 4 is 27.8 Å². The normalized spacial score (nSPS) is 13.6. The fraction of sp³-hybridized carbons (Fsp3) is 0.400. The maximum Gasteiger partial charge on any atom is 0.445 e. The molecule has 2 aromatic heterocycles. The van der Waals surface area contributed by atoms with Gasteiger partial charge in [-0.2, -0.15) is 13.2 Å². The van der Waals surface area contributed by atoms with Crippen LogP contribution in [-0.4, -0.2) is 10.2 Å². The van der Waals surface area contributed by atoms with Crippen molar-refractivity contribution in [3.8, 4) is 0 Å². The molecule has 0 saturated carbocycles. The molecule has 1 N–H and O–H groups in total. The predicted octanol–water partition coefficient (Wildman–Crippen LogP) is 4.18. The lowest BCUT2D eigenvalue weighted by Gasteiger charge is -2.13. The lowest BCUT2D eigenvalue weighted by Crippen LogP contribution is -2.07. The topological polar surface area (TPSA) is 37.8 Å². The summed E-state index contributed by atoms with van der Waals surface area (Å²) in [6, 6.07) is 3.82. The number of nitrogens with zero attached hydrogens (tertiary/aromatic N) is 2. The first kappa shape index (κ1) is 13.3. The molecular formula is C10H10F3N3S2. The van der Waals surface area contributed by atoms with Crippen LogP contribution in [0.1, 0.15) is 29.3 Å². The molecule has 0 aliphatic rings. The zero-order chi connectivity index (χ0) is 13.2. The van der Waals surface area contributed by atoms with Gasteiger partial charge in [-0.25, -0.2) is 0 Å². The Labute approximate surface area is 110 Å². The quantitative estimate of drug-likeness (QED) is 0.919. The predicted molar refractivity (Wildman–Crippen MR) is 65.9 cm³/mol. The van der Waals surface area contributed by atoms with Crippen LogP contribution in [0.3, 0.4) is 0 Å². The van der Waals surface area contributed by atoms with E-state index in [1.807, 2.05) is 24.4 Å². The van der Waals surface area contributed by atoms with E-state index < -0.39 is 11.2 Å². The van der Waals surface area contributed by atoms with Gasteiger partial charge in [-0.3, -0.25) is 0 Å². The standard InChI is InChI=1S/C10H10F3N3S2/c1-2-6(7-4-3-5-17-7)14-9-16-15-8(18-9)10(11,12)13/h3-6H,2H2,1H3,(H,14,16). The molecule has 0 aromatic carbocycles. The second-order valence-electron chi connectivity index (χ2n) is 3.53. The second-order valence-corrected chi connectivity index (χ2v) is 5.49. The number of rotatable bonds is 4. The Morgan fingerprint density at radius 2 is 2.17 bits per heavy atom. The molecule has 2 rings (SSSR count). The molecule has 0 aliphatic heterocycles. The molecule has 1 atom stereocenters. The van der Waals surface area contributed by atoms with Crippen molar-refractivity contribution in [2.75, 3.05) is 5.32 Å². The van der Waals surface area contributed by atoms with Gasteiger partial charge in [0.1, 0.15) is 0 Å². The number of aromatic nitrogens is 2. The SMILES string of the molecule is CCC(Nc1nnc(C(F)(F)F)s1)c1cccs1. The summed E-state index contributed by atoms with van der Waals surface area (Å²) in [5.41, 5.74) is 0. The molecule has 18 heavy (non-hydrogen) atoms. The molecule has 0 radical (unpaired) electrons. The van der Waals surface area contributed by atoms with Crippen LogP contribution in [0.4, 0.5) is 18.3 Å². The second kappa shape index (κ2) is 5.23. The van der Waals surface area contributed by atoms with Crippen LogP contribution in [0, 0.1) is 0 Å². The van der Waals surface area contributed by atoms with Gasteiger partial charge < -0.3 is 5.32 Å². The molecule has 0 bridgehead atoms. The van der Waals surface area contributed by atoms with Crippen LogP contribution in [0.5, 0.6) is 0 Å². The monoisotopic (exact) mass is 293 g/mol. The van der Waals surface area contributed by atoms with Crippen molar-refractivity contribution in [2.45, 2.75) is 25.6 Å². The van der Waals surface area contributed by atoms with Gasteiger partial charge in [0.05, 0.1) is 6.04 Å². The van der Waals surface area contributed by atoms with E-state index in [9.17, 15) is 13.2 Å². The third-order valence-corrected chi connectivity index (χ3v) is 4.15. The highest BCUT2D eigenvalue weighted by Gasteiger charge is 2.35. The Balaban J connectivity index is 2.11. The Morgan fingerprint density at radius 3 is 2.67 bits per heavy atom. The smallest absolute Gasteiger partial charge is 0.352 e. The summed E-state index contributed by atoms with van der Waals surface area (Å²) in [5.74, 6) is 0. The third-order valence-electron chi connectivity index (χ3n) is 2.26. The van der Waals surface area contributed by atoms with Crippen LogP contribution in [0.2, 0.25) is 0 Å². The molecule has 0 spiro atoms. The number of hydrogen-bond donors (Lipinski definition) is 1. The molecule has 2 aromatic rings. The van der Waals surface area contributed by atoms with Crippen LogP contribution < -0.4 is 5.32 Å². The van der Waals surface area contributed by atoms with Gasteiger partial charge in [-0.15, -0.1) is 21.5 Å². The molecule has 0 saturated heterocycles. The summed E-state index contributed by atoms with van der Waals surface area (Å²) in [5, 5.41) is 10.8. The number of alkyl halides is 3. The summed E-state index contributed by atoms with van der Waals surface area (Å²) < 4.78 is 37.1. The summed E-state index contributed by atoms with van der Waals surface area (Å²) in [4.78, 5) is 1.07. The van der Waals surface area contributed by atoms with Crippen molar-refractivity contribution in [3.05, 3.63) is 27.4 Å². The van der Waals surface area contributed by atoms with E-state index in [-0.39, 0.29) is 11.2 Å². The number of thiophene rings is 1. The van der Waals surface area contributed by atoms with Gasteiger partial charge in [-0.05, 0) is 17.9 Å². The first-order valence-corrected chi connectivity index (χ1v) is 6.91. The van der Waals surface area contributed by atoms with Gasteiger partial charge in [0, 0.05) is 4.88 Å². The molecule has 8 heteroatoms. The van der Waals surface area contributed by atoms with E-state index in [4.69, 9.17) is 0 Å². The van der Waals surface area contributed by atoms with Crippen LogP contribution in [-0.2, 0) is 6.18 Å². The molecule has 0 fully saturated rings. The Kier molecular flexibility index (Phi) is 3.86. The fourth-order valence-electron chi connectivity index (χ4n) is 1.41.